The zero-order valence-corrected chi connectivity index (χ0v) is 36.9. The summed E-state index contributed by atoms with van der Waals surface area (Å²) in [5, 5.41) is 2.42. The highest BCUT2D eigenvalue weighted by Gasteiger charge is 2.60. The van der Waals surface area contributed by atoms with Crippen molar-refractivity contribution in [1.29, 1.82) is 0 Å². The third kappa shape index (κ3) is 11.8. The minimum absolute atomic E-state index is 0.0233. The van der Waals surface area contributed by atoms with E-state index < -0.39 is 73.1 Å². The monoisotopic (exact) mass is 747 g/mol. The average molecular weight is 748 g/mol. The molecule has 1 N–H and O–H groups in total. The number of amides is 1. The molecule has 1 aliphatic heterocycles. The van der Waals surface area contributed by atoms with Crippen molar-refractivity contribution in [3.05, 3.63) is 12.7 Å². The molecule has 49 heavy (non-hydrogen) atoms. The molecule has 1 rings (SSSR count). The van der Waals surface area contributed by atoms with E-state index >= 15 is 0 Å². The Labute approximate surface area is 300 Å². The number of hydrogen-bond acceptors (Lipinski definition) is 10. The van der Waals surface area contributed by atoms with Crippen LogP contribution < -0.4 is 5.32 Å². The van der Waals surface area contributed by atoms with E-state index in [9.17, 15) is 14.4 Å². The van der Waals surface area contributed by atoms with Crippen LogP contribution in [-0.4, -0.2) is 99.4 Å². The van der Waals surface area contributed by atoms with Crippen LogP contribution in [0.25, 0.3) is 0 Å². The zero-order valence-electron chi connectivity index (χ0n) is 33.9. The van der Waals surface area contributed by atoms with Crippen molar-refractivity contribution < 1.29 is 46.6 Å². The minimum Gasteiger partial charge on any atom is -0.465 e. The molecule has 0 spiro atoms. The van der Waals surface area contributed by atoms with E-state index in [4.69, 9.17) is 32.2 Å². The molecule has 286 valence electrons. The number of carbonyl (C=O) groups excluding carboxylic acids is 3. The first-order valence-corrected chi connectivity index (χ1v) is 26.1. The van der Waals surface area contributed by atoms with Gasteiger partial charge in [0, 0.05) is 20.3 Å². The lowest BCUT2D eigenvalue weighted by atomic mass is 9.88. The summed E-state index contributed by atoms with van der Waals surface area (Å²) in [5.74, 6) is -3.48. The van der Waals surface area contributed by atoms with Crippen molar-refractivity contribution in [3.63, 3.8) is 0 Å². The summed E-state index contributed by atoms with van der Waals surface area (Å²) in [4.78, 5) is 39.2. The van der Waals surface area contributed by atoms with Crippen LogP contribution in [0.3, 0.4) is 0 Å². The Hall–Kier alpha value is -1.40. The number of esters is 2. The number of nitrogens with one attached hydrogen (secondary N) is 1. The van der Waals surface area contributed by atoms with Crippen molar-refractivity contribution in [2.45, 2.75) is 173 Å². The second kappa shape index (κ2) is 16.5. The van der Waals surface area contributed by atoms with Crippen LogP contribution in [0.1, 0.15) is 82.6 Å². The van der Waals surface area contributed by atoms with Crippen LogP contribution in [0, 0.1) is 0 Å². The highest BCUT2D eigenvalue weighted by atomic mass is 28.4. The Morgan fingerprint density at radius 2 is 1.37 bits per heavy atom. The highest BCUT2D eigenvalue weighted by molar-refractivity contribution is 6.75. The van der Waals surface area contributed by atoms with Crippen LogP contribution in [0.2, 0.25) is 54.4 Å². The first-order valence-electron chi connectivity index (χ1n) is 17.3. The number of rotatable bonds is 15. The molecule has 11 nitrogen and oxygen atoms in total. The molecule has 1 saturated heterocycles. The van der Waals surface area contributed by atoms with Gasteiger partial charge in [-0.3, -0.25) is 9.59 Å². The van der Waals surface area contributed by atoms with Gasteiger partial charge in [-0.05, 0) is 54.4 Å². The van der Waals surface area contributed by atoms with Gasteiger partial charge in [0.15, 0.2) is 25.0 Å². The van der Waals surface area contributed by atoms with Gasteiger partial charge in [0.2, 0.25) is 5.91 Å². The molecule has 1 fully saturated rings. The van der Waals surface area contributed by atoms with E-state index in [1.807, 2.05) is 0 Å². The van der Waals surface area contributed by atoms with Gasteiger partial charge in [-0.15, -0.1) is 6.58 Å². The smallest absolute Gasteiger partial charge is 0.366 e. The number of ether oxygens (including phenoxy) is 4. The third-order valence-electron chi connectivity index (χ3n) is 10.7. The molecule has 1 amide bonds. The Kier molecular flexibility index (Phi) is 15.4. The molecule has 0 radical (unpaired) electrons. The number of methoxy groups -OCH3 is 1. The first kappa shape index (κ1) is 45.6. The Bertz CT molecular complexity index is 1160. The lowest BCUT2D eigenvalue weighted by Crippen LogP contribution is -2.71. The predicted octanol–water partition coefficient (Wildman–Crippen LogP) is 7.09. The van der Waals surface area contributed by atoms with E-state index in [2.05, 4.69) is 113 Å². The molecule has 0 saturated carbocycles. The molecule has 0 aromatic heterocycles. The van der Waals surface area contributed by atoms with E-state index in [0.29, 0.717) is 0 Å². The first-order chi connectivity index (χ1) is 21.9. The molecule has 6 atom stereocenters. The zero-order chi connectivity index (χ0) is 38.6. The fourth-order valence-corrected chi connectivity index (χ4v) is 8.72. The van der Waals surface area contributed by atoms with Crippen LogP contribution in [-0.2, 0) is 46.6 Å². The lowest BCUT2D eigenvalue weighted by Gasteiger charge is -2.54. The maximum absolute atomic E-state index is 13.8. The summed E-state index contributed by atoms with van der Waals surface area (Å²) in [7, 11) is -6.51. The number of carbonyl (C=O) groups is 3. The third-order valence-corrected chi connectivity index (χ3v) is 24.2. The van der Waals surface area contributed by atoms with E-state index in [0.717, 1.165) is 0 Å². The highest BCUT2D eigenvalue weighted by Crippen LogP contribution is 2.46. The summed E-state index contributed by atoms with van der Waals surface area (Å²) in [6.45, 7) is 38.2. The van der Waals surface area contributed by atoms with Gasteiger partial charge < -0.3 is 37.5 Å². The lowest BCUT2D eigenvalue weighted by molar-refractivity contribution is -0.306. The van der Waals surface area contributed by atoms with Gasteiger partial charge in [-0.25, -0.2) is 4.79 Å². The van der Waals surface area contributed by atoms with Gasteiger partial charge in [0.05, 0.1) is 25.9 Å². The van der Waals surface area contributed by atoms with Crippen LogP contribution in [0.5, 0.6) is 0 Å². The molecule has 0 bridgehead atoms. The Morgan fingerprint density at radius 1 is 0.878 bits per heavy atom. The number of hydrogen-bond donors (Lipinski definition) is 1. The summed E-state index contributed by atoms with van der Waals surface area (Å²) in [5.41, 5.74) is 0. The van der Waals surface area contributed by atoms with E-state index in [-0.39, 0.29) is 40.7 Å². The standard InChI is InChI=1S/C35H69NO10Si3/c1-20-21-42-35(31(39)40-13)22-26(44-47(14,15)32(4,5)6)28(36-24(2)37)30(43-35)29(46-49(18,19)34(10,11)12)27(23-41-25(3)38)45-48(16,17)33(7,8)9/h20,26-30H,1,21-23H2,2-19H3,(H,36,37)/t26-,27+,28+,29+,30+,35+/m0/s1. The molecule has 1 aliphatic rings. The summed E-state index contributed by atoms with van der Waals surface area (Å²) in [6, 6.07) is -0.811. The SMILES string of the molecule is C=CCO[C@]1(C(=O)OC)C[C@H](O[Si](C)(C)C(C)(C)C)[C@@H](NC(C)=O)[C@H]([C@H](O[Si](C)(C)C(C)(C)C)[C@@H](COC(C)=O)O[Si](C)(C)C(C)(C)C)O1. The van der Waals surface area contributed by atoms with Crippen LogP contribution >= 0.6 is 0 Å². The van der Waals surface area contributed by atoms with Gasteiger partial charge in [-0.2, -0.15) is 0 Å². The molecule has 0 unspecified atom stereocenters. The van der Waals surface area contributed by atoms with E-state index in [1.54, 1.807) is 0 Å². The van der Waals surface area contributed by atoms with Crippen LogP contribution in [0.4, 0.5) is 0 Å². The largest absolute Gasteiger partial charge is 0.465 e. The average Bonchev–Trinajstić information content (AvgIpc) is 2.91. The molecule has 0 aromatic rings. The summed E-state index contributed by atoms with van der Waals surface area (Å²) in [6.07, 6.45) is -2.17. The van der Waals surface area contributed by atoms with Gasteiger partial charge in [0.1, 0.15) is 24.9 Å². The minimum atomic E-state index is -2.67. The van der Waals surface area contributed by atoms with Gasteiger partial charge >= 0.3 is 11.9 Å². The van der Waals surface area contributed by atoms with Gasteiger partial charge in [0.25, 0.3) is 5.79 Å². The topological polar surface area (TPSA) is 128 Å². The second-order valence-corrected chi connectivity index (χ2v) is 32.1. The molecular weight excluding hydrogens is 679 g/mol. The Morgan fingerprint density at radius 3 is 1.78 bits per heavy atom. The quantitative estimate of drug-likeness (QED) is 0.105. The molecule has 0 aromatic carbocycles. The second-order valence-electron chi connectivity index (χ2n) is 17.8. The maximum atomic E-state index is 13.8. The van der Waals surface area contributed by atoms with Crippen molar-refractivity contribution in [2.75, 3.05) is 20.3 Å². The maximum Gasteiger partial charge on any atom is 0.366 e. The predicted molar refractivity (Wildman–Crippen MR) is 201 cm³/mol. The molecule has 0 aliphatic carbocycles. The summed E-state index contributed by atoms with van der Waals surface area (Å²) >= 11 is 0. The van der Waals surface area contributed by atoms with Gasteiger partial charge in [-0.1, -0.05) is 68.4 Å². The van der Waals surface area contributed by atoms with Crippen molar-refractivity contribution in [2.24, 2.45) is 0 Å². The fourth-order valence-electron chi connectivity index (χ4n) is 4.75. The normalized spacial score (nSPS) is 24.1. The van der Waals surface area contributed by atoms with Crippen LogP contribution in [0.15, 0.2) is 12.7 Å². The molecule has 14 heteroatoms. The molecule has 1 heterocycles. The fraction of sp³-hybridized carbons (Fsp3) is 0.857. The molecular formula is C35H69NO10Si3. The Balaban J connectivity index is 4.31. The van der Waals surface area contributed by atoms with Crippen molar-refractivity contribution >= 4 is 42.8 Å². The van der Waals surface area contributed by atoms with Crippen molar-refractivity contribution in [3.8, 4) is 0 Å². The summed E-state index contributed by atoms with van der Waals surface area (Å²) < 4.78 is 45.5. The van der Waals surface area contributed by atoms with Crippen molar-refractivity contribution in [1.82, 2.24) is 5.32 Å². The van der Waals surface area contributed by atoms with E-state index in [1.165, 1.54) is 27.0 Å².